The smallest absolute Gasteiger partial charge is 0.223 e. The van der Waals surface area contributed by atoms with E-state index in [1.54, 1.807) is 18.9 Å². The van der Waals surface area contributed by atoms with E-state index in [9.17, 15) is 9.59 Å². The van der Waals surface area contributed by atoms with Gasteiger partial charge in [0.15, 0.2) is 0 Å². The predicted molar refractivity (Wildman–Crippen MR) is 72.4 cm³/mol. The Kier molecular flexibility index (Phi) is 5.79. The Morgan fingerprint density at radius 2 is 2.06 bits per heavy atom. The maximum atomic E-state index is 12.1. The molecule has 0 spiro atoms. The van der Waals surface area contributed by atoms with Crippen molar-refractivity contribution in [2.24, 2.45) is 0 Å². The van der Waals surface area contributed by atoms with Gasteiger partial charge in [0.25, 0.3) is 0 Å². The highest BCUT2D eigenvalue weighted by Gasteiger charge is 2.29. The van der Waals surface area contributed by atoms with Crippen LogP contribution in [-0.4, -0.2) is 53.7 Å². The number of Topliss-reactive ketones (excluding diaryl/α,β-unsaturated/α-hetero) is 1. The van der Waals surface area contributed by atoms with Gasteiger partial charge in [-0.05, 0) is 40.2 Å². The molecule has 1 saturated heterocycles. The fourth-order valence-electron chi connectivity index (χ4n) is 2.56. The Balaban J connectivity index is 2.41. The van der Waals surface area contributed by atoms with E-state index in [0.717, 1.165) is 13.0 Å². The van der Waals surface area contributed by atoms with Gasteiger partial charge in [-0.15, -0.1) is 0 Å². The van der Waals surface area contributed by atoms with Gasteiger partial charge in [-0.25, -0.2) is 0 Å². The molecule has 0 N–H and O–H groups in total. The van der Waals surface area contributed by atoms with Crippen molar-refractivity contribution in [3.05, 3.63) is 0 Å². The van der Waals surface area contributed by atoms with Crippen LogP contribution in [0.25, 0.3) is 0 Å². The second-order valence-electron chi connectivity index (χ2n) is 5.60. The van der Waals surface area contributed by atoms with Crippen molar-refractivity contribution in [3.63, 3.8) is 0 Å². The van der Waals surface area contributed by atoms with E-state index in [-0.39, 0.29) is 11.7 Å². The van der Waals surface area contributed by atoms with E-state index in [2.05, 4.69) is 18.7 Å². The van der Waals surface area contributed by atoms with Gasteiger partial charge in [-0.3, -0.25) is 14.5 Å². The van der Waals surface area contributed by atoms with Crippen molar-refractivity contribution in [2.45, 2.75) is 58.5 Å². The van der Waals surface area contributed by atoms with Crippen molar-refractivity contribution in [1.29, 1.82) is 0 Å². The Labute approximate surface area is 110 Å². The summed E-state index contributed by atoms with van der Waals surface area (Å²) in [6, 6.07) is 0.894. The number of hydrogen-bond donors (Lipinski definition) is 0. The lowest BCUT2D eigenvalue weighted by molar-refractivity contribution is -0.131. The summed E-state index contributed by atoms with van der Waals surface area (Å²) in [4.78, 5) is 27.1. The number of nitrogens with zero attached hydrogens (tertiary/aromatic N) is 2. The molecule has 1 amide bonds. The van der Waals surface area contributed by atoms with E-state index in [1.807, 2.05) is 0 Å². The van der Waals surface area contributed by atoms with Crippen LogP contribution in [0.15, 0.2) is 0 Å². The van der Waals surface area contributed by atoms with Crippen LogP contribution in [-0.2, 0) is 9.59 Å². The van der Waals surface area contributed by atoms with Crippen LogP contribution in [0, 0.1) is 0 Å². The van der Waals surface area contributed by atoms with E-state index in [4.69, 9.17) is 0 Å². The summed E-state index contributed by atoms with van der Waals surface area (Å²) in [7, 11) is 1.79. The standard InChI is InChI=1S/C14H26N2O2/c1-11(2)16-8-5-6-13(16)10-14(18)15(4)9-7-12(3)17/h11,13H,5-10H2,1-4H3/t13-/m0/s1. The van der Waals surface area contributed by atoms with Crippen molar-refractivity contribution in [2.75, 3.05) is 20.1 Å². The molecule has 0 aromatic rings. The molecule has 0 aromatic carbocycles. The van der Waals surface area contributed by atoms with Crippen LogP contribution >= 0.6 is 0 Å². The Hall–Kier alpha value is -0.900. The number of likely N-dealkylation sites (tertiary alicyclic amines) is 1. The van der Waals surface area contributed by atoms with E-state index in [1.165, 1.54) is 6.42 Å². The molecule has 0 aromatic heterocycles. The fraction of sp³-hybridized carbons (Fsp3) is 0.857. The van der Waals surface area contributed by atoms with Crippen LogP contribution in [0.2, 0.25) is 0 Å². The number of rotatable bonds is 6. The Morgan fingerprint density at radius 1 is 1.39 bits per heavy atom. The second kappa shape index (κ2) is 6.88. The minimum absolute atomic E-state index is 0.138. The van der Waals surface area contributed by atoms with Crippen molar-refractivity contribution in [1.82, 2.24) is 9.80 Å². The molecule has 0 unspecified atom stereocenters. The van der Waals surface area contributed by atoms with Crippen LogP contribution < -0.4 is 0 Å². The SMILES string of the molecule is CC(=O)CCN(C)C(=O)C[C@@H]1CCCN1C(C)C. The van der Waals surface area contributed by atoms with Gasteiger partial charge >= 0.3 is 0 Å². The van der Waals surface area contributed by atoms with E-state index >= 15 is 0 Å². The van der Waals surface area contributed by atoms with Gasteiger partial charge in [-0.1, -0.05) is 0 Å². The predicted octanol–water partition coefficient (Wildman–Crippen LogP) is 1.69. The lowest BCUT2D eigenvalue weighted by Gasteiger charge is -2.29. The van der Waals surface area contributed by atoms with Crippen molar-refractivity contribution in [3.8, 4) is 0 Å². The zero-order valence-electron chi connectivity index (χ0n) is 12.1. The van der Waals surface area contributed by atoms with Crippen molar-refractivity contribution < 1.29 is 9.59 Å². The van der Waals surface area contributed by atoms with Crippen LogP contribution in [0.4, 0.5) is 0 Å². The van der Waals surface area contributed by atoms with Crippen LogP contribution in [0.5, 0.6) is 0 Å². The number of amides is 1. The molecular weight excluding hydrogens is 228 g/mol. The number of ketones is 1. The van der Waals surface area contributed by atoms with Gasteiger partial charge in [0.05, 0.1) is 0 Å². The van der Waals surface area contributed by atoms with Crippen molar-refractivity contribution >= 4 is 11.7 Å². The summed E-state index contributed by atoms with van der Waals surface area (Å²) in [5.41, 5.74) is 0. The third-order valence-corrected chi connectivity index (χ3v) is 3.72. The fourth-order valence-corrected chi connectivity index (χ4v) is 2.56. The first kappa shape index (κ1) is 15.2. The monoisotopic (exact) mass is 254 g/mol. The first-order valence-corrected chi connectivity index (χ1v) is 6.91. The molecule has 0 radical (unpaired) electrons. The molecule has 4 nitrogen and oxygen atoms in total. The summed E-state index contributed by atoms with van der Waals surface area (Å²) in [5, 5.41) is 0. The minimum atomic E-state index is 0.138. The van der Waals surface area contributed by atoms with Gasteiger partial charge < -0.3 is 4.90 Å². The third kappa shape index (κ3) is 4.41. The van der Waals surface area contributed by atoms with Crippen LogP contribution in [0.1, 0.15) is 46.5 Å². The molecule has 1 aliphatic heterocycles. The van der Waals surface area contributed by atoms with Gasteiger partial charge in [-0.2, -0.15) is 0 Å². The average molecular weight is 254 g/mol. The first-order valence-electron chi connectivity index (χ1n) is 6.91. The Bertz CT molecular complexity index is 302. The van der Waals surface area contributed by atoms with E-state index in [0.29, 0.717) is 31.5 Å². The van der Waals surface area contributed by atoms with E-state index < -0.39 is 0 Å². The summed E-state index contributed by atoms with van der Waals surface area (Å²) in [6.07, 6.45) is 3.35. The molecular formula is C14H26N2O2. The normalized spacial score (nSPS) is 20.4. The number of carbonyl (C=O) groups excluding carboxylic acids is 2. The van der Waals surface area contributed by atoms with Gasteiger partial charge in [0.2, 0.25) is 5.91 Å². The topological polar surface area (TPSA) is 40.6 Å². The zero-order valence-corrected chi connectivity index (χ0v) is 12.1. The summed E-state index contributed by atoms with van der Waals surface area (Å²) < 4.78 is 0. The number of hydrogen-bond acceptors (Lipinski definition) is 3. The summed E-state index contributed by atoms with van der Waals surface area (Å²) >= 11 is 0. The molecule has 1 aliphatic rings. The molecule has 104 valence electrons. The molecule has 1 rings (SSSR count). The molecule has 1 atom stereocenters. The minimum Gasteiger partial charge on any atom is -0.345 e. The second-order valence-corrected chi connectivity index (χ2v) is 5.60. The largest absolute Gasteiger partial charge is 0.345 e. The lowest BCUT2D eigenvalue weighted by atomic mass is 10.1. The summed E-state index contributed by atoms with van der Waals surface area (Å²) in [6.45, 7) is 7.58. The highest BCUT2D eigenvalue weighted by Crippen LogP contribution is 2.22. The maximum absolute atomic E-state index is 12.1. The van der Waals surface area contributed by atoms with Crippen LogP contribution in [0.3, 0.4) is 0 Å². The molecule has 0 bridgehead atoms. The van der Waals surface area contributed by atoms with Gasteiger partial charge in [0.1, 0.15) is 5.78 Å². The highest BCUT2D eigenvalue weighted by molar-refractivity contribution is 5.79. The third-order valence-electron chi connectivity index (χ3n) is 3.72. The lowest BCUT2D eigenvalue weighted by Crippen LogP contribution is -2.40. The molecule has 1 heterocycles. The van der Waals surface area contributed by atoms with Gasteiger partial charge in [0, 0.05) is 38.5 Å². The first-order chi connectivity index (χ1) is 8.41. The molecule has 4 heteroatoms. The highest BCUT2D eigenvalue weighted by atomic mass is 16.2. The Morgan fingerprint density at radius 3 is 2.61 bits per heavy atom. The zero-order chi connectivity index (χ0) is 13.7. The number of carbonyl (C=O) groups is 2. The molecule has 18 heavy (non-hydrogen) atoms. The molecule has 0 saturated carbocycles. The molecule has 0 aliphatic carbocycles. The quantitative estimate of drug-likeness (QED) is 0.724. The average Bonchev–Trinajstić information content (AvgIpc) is 2.73. The summed E-state index contributed by atoms with van der Waals surface area (Å²) in [5.74, 6) is 0.299. The molecule has 1 fully saturated rings. The maximum Gasteiger partial charge on any atom is 0.223 e.